The third kappa shape index (κ3) is 9.16. The Morgan fingerprint density at radius 1 is 0.852 bits per heavy atom. The third-order valence-electron chi connectivity index (χ3n) is 4.51. The van der Waals surface area contributed by atoms with E-state index in [1.54, 1.807) is 7.11 Å². The Morgan fingerprint density at radius 2 is 1.63 bits per heavy atom. The molecule has 4 heteroatoms. The number of rotatable bonds is 13. The van der Waals surface area contributed by atoms with E-state index >= 15 is 0 Å². The van der Waals surface area contributed by atoms with E-state index in [9.17, 15) is 0 Å². The summed E-state index contributed by atoms with van der Waals surface area (Å²) in [4.78, 5) is 0. The van der Waals surface area contributed by atoms with Crippen molar-refractivity contribution >= 4 is 12.4 Å². The summed E-state index contributed by atoms with van der Waals surface area (Å²) in [7, 11) is 1.70. The highest BCUT2D eigenvalue weighted by Gasteiger charge is 2.06. The van der Waals surface area contributed by atoms with Gasteiger partial charge >= 0.3 is 0 Å². The van der Waals surface area contributed by atoms with Gasteiger partial charge in [-0.1, -0.05) is 69.0 Å². The van der Waals surface area contributed by atoms with Crippen molar-refractivity contribution < 1.29 is 9.47 Å². The monoisotopic (exact) mass is 391 g/mol. The second kappa shape index (κ2) is 14.4. The molecule has 2 aromatic rings. The molecule has 2 rings (SSSR count). The van der Waals surface area contributed by atoms with Crippen LogP contribution in [0.25, 0.3) is 0 Å². The predicted octanol–water partition coefficient (Wildman–Crippen LogP) is 5.80. The maximum absolute atomic E-state index is 5.92. The van der Waals surface area contributed by atoms with Crippen LogP contribution in [0.4, 0.5) is 0 Å². The Kier molecular flexibility index (Phi) is 12.4. The smallest absolute Gasteiger partial charge is 0.161 e. The molecular formula is C23H34ClNO2. The van der Waals surface area contributed by atoms with Crippen LogP contribution in [-0.2, 0) is 13.0 Å². The van der Waals surface area contributed by atoms with E-state index in [2.05, 4.69) is 48.6 Å². The number of ether oxygens (including phenoxy) is 2. The summed E-state index contributed by atoms with van der Waals surface area (Å²) in [5, 5.41) is 3.52. The Balaban J connectivity index is 0.00000364. The zero-order valence-corrected chi connectivity index (χ0v) is 17.5. The van der Waals surface area contributed by atoms with E-state index in [0.29, 0.717) is 6.61 Å². The van der Waals surface area contributed by atoms with Gasteiger partial charge in [0.15, 0.2) is 11.5 Å². The van der Waals surface area contributed by atoms with Crippen molar-refractivity contribution in [1.82, 2.24) is 5.32 Å². The first-order chi connectivity index (χ1) is 12.8. The molecule has 3 nitrogen and oxygen atoms in total. The summed E-state index contributed by atoms with van der Waals surface area (Å²) in [6.45, 7) is 4.84. The van der Waals surface area contributed by atoms with E-state index in [0.717, 1.165) is 31.0 Å². The maximum atomic E-state index is 5.92. The second-order valence-electron chi connectivity index (χ2n) is 6.66. The Bertz CT molecular complexity index is 619. The van der Waals surface area contributed by atoms with Crippen LogP contribution >= 0.6 is 12.4 Å². The fourth-order valence-electron chi connectivity index (χ4n) is 2.95. The number of methoxy groups -OCH3 is 1. The van der Waals surface area contributed by atoms with Crippen molar-refractivity contribution in [3.05, 3.63) is 59.7 Å². The third-order valence-corrected chi connectivity index (χ3v) is 4.51. The van der Waals surface area contributed by atoms with Crippen molar-refractivity contribution in [2.45, 2.75) is 52.0 Å². The van der Waals surface area contributed by atoms with Crippen molar-refractivity contribution in [1.29, 1.82) is 0 Å². The van der Waals surface area contributed by atoms with Gasteiger partial charge in [0.25, 0.3) is 0 Å². The van der Waals surface area contributed by atoms with Crippen molar-refractivity contribution in [3.8, 4) is 11.5 Å². The van der Waals surface area contributed by atoms with Gasteiger partial charge in [0.2, 0.25) is 0 Å². The largest absolute Gasteiger partial charge is 0.493 e. The van der Waals surface area contributed by atoms with Crippen LogP contribution in [0.5, 0.6) is 11.5 Å². The van der Waals surface area contributed by atoms with Gasteiger partial charge in [0.1, 0.15) is 0 Å². The second-order valence-corrected chi connectivity index (χ2v) is 6.66. The van der Waals surface area contributed by atoms with Gasteiger partial charge in [-0.3, -0.25) is 0 Å². The SMILES string of the molecule is CCCCCCCNCc1ccc(OCCc2ccccc2)c(OC)c1.Cl. The molecule has 0 heterocycles. The molecule has 0 unspecified atom stereocenters. The molecular weight excluding hydrogens is 358 g/mol. The number of unbranched alkanes of at least 4 members (excludes halogenated alkanes) is 4. The predicted molar refractivity (Wildman–Crippen MR) is 116 cm³/mol. The minimum atomic E-state index is 0. The molecule has 0 fully saturated rings. The van der Waals surface area contributed by atoms with Gasteiger partial charge in [0, 0.05) is 13.0 Å². The molecule has 0 aliphatic carbocycles. The van der Waals surface area contributed by atoms with Crippen molar-refractivity contribution in [2.24, 2.45) is 0 Å². The zero-order chi connectivity index (χ0) is 18.5. The minimum Gasteiger partial charge on any atom is -0.493 e. The zero-order valence-electron chi connectivity index (χ0n) is 16.7. The molecule has 1 N–H and O–H groups in total. The highest BCUT2D eigenvalue weighted by molar-refractivity contribution is 5.85. The quantitative estimate of drug-likeness (QED) is 0.438. The van der Waals surface area contributed by atoms with Gasteiger partial charge in [-0.2, -0.15) is 0 Å². The molecule has 0 aliphatic heterocycles. The lowest BCUT2D eigenvalue weighted by Gasteiger charge is -2.13. The van der Waals surface area contributed by atoms with Gasteiger partial charge in [-0.25, -0.2) is 0 Å². The lowest BCUT2D eigenvalue weighted by Crippen LogP contribution is -2.14. The van der Waals surface area contributed by atoms with Crippen LogP contribution in [-0.4, -0.2) is 20.3 Å². The van der Waals surface area contributed by atoms with E-state index in [1.165, 1.54) is 43.2 Å². The molecule has 0 amide bonds. The topological polar surface area (TPSA) is 30.5 Å². The first-order valence-electron chi connectivity index (χ1n) is 9.88. The van der Waals surface area contributed by atoms with Crippen LogP contribution in [0.1, 0.15) is 50.2 Å². The lowest BCUT2D eigenvalue weighted by molar-refractivity contribution is 0.297. The van der Waals surface area contributed by atoms with Crippen LogP contribution < -0.4 is 14.8 Å². The molecule has 0 saturated heterocycles. The molecule has 150 valence electrons. The van der Waals surface area contributed by atoms with Gasteiger partial charge in [-0.15, -0.1) is 12.4 Å². The lowest BCUT2D eigenvalue weighted by atomic mass is 10.1. The van der Waals surface area contributed by atoms with E-state index < -0.39 is 0 Å². The van der Waals surface area contributed by atoms with Gasteiger partial charge in [0.05, 0.1) is 13.7 Å². The molecule has 0 saturated carbocycles. The minimum absolute atomic E-state index is 0. The normalized spacial score (nSPS) is 10.3. The van der Waals surface area contributed by atoms with Gasteiger partial charge < -0.3 is 14.8 Å². The molecule has 27 heavy (non-hydrogen) atoms. The van der Waals surface area contributed by atoms with Gasteiger partial charge in [-0.05, 0) is 36.2 Å². The Hall–Kier alpha value is -1.71. The number of hydrogen-bond donors (Lipinski definition) is 1. The molecule has 0 aliphatic rings. The van der Waals surface area contributed by atoms with Crippen molar-refractivity contribution in [3.63, 3.8) is 0 Å². The summed E-state index contributed by atoms with van der Waals surface area (Å²) in [5.74, 6) is 1.62. The Labute approximate surface area is 170 Å². The summed E-state index contributed by atoms with van der Waals surface area (Å²) < 4.78 is 11.4. The van der Waals surface area contributed by atoms with E-state index in [-0.39, 0.29) is 12.4 Å². The average Bonchev–Trinajstić information content (AvgIpc) is 2.69. The van der Waals surface area contributed by atoms with Crippen LogP contribution in [0.15, 0.2) is 48.5 Å². The summed E-state index contributed by atoms with van der Waals surface area (Å²) >= 11 is 0. The summed E-state index contributed by atoms with van der Waals surface area (Å²) in [6.07, 6.45) is 7.46. The molecule has 0 spiro atoms. The molecule has 0 bridgehead atoms. The van der Waals surface area contributed by atoms with E-state index in [4.69, 9.17) is 9.47 Å². The fraction of sp³-hybridized carbons (Fsp3) is 0.478. The first-order valence-corrected chi connectivity index (χ1v) is 9.88. The average molecular weight is 392 g/mol. The van der Waals surface area contributed by atoms with E-state index in [1.807, 2.05) is 12.1 Å². The number of benzene rings is 2. The first kappa shape index (κ1) is 23.3. The fourth-order valence-corrected chi connectivity index (χ4v) is 2.95. The standard InChI is InChI=1S/C23H33NO2.ClH/c1-3-4-5-6-10-16-24-19-21-13-14-22(23(18-21)25-2)26-17-15-20-11-8-7-9-12-20;/h7-9,11-14,18,24H,3-6,10,15-17,19H2,1-2H3;1H. The van der Waals surface area contributed by atoms with Crippen molar-refractivity contribution in [2.75, 3.05) is 20.3 Å². The number of halogens is 1. The Morgan fingerprint density at radius 3 is 2.37 bits per heavy atom. The highest BCUT2D eigenvalue weighted by atomic mass is 35.5. The summed E-state index contributed by atoms with van der Waals surface area (Å²) in [6, 6.07) is 16.6. The number of hydrogen-bond acceptors (Lipinski definition) is 3. The molecule has 2 aromatic carbocycles. The number of nitrogens with one attached hydrogen (secondary N) is 1. The highest BCUT2D eigenvalue weighted by Crippen LogP contribution is 2.28. The van der Waals surface area contributed by atoms with Crippen LogP contribution in [0, 0.1) is 0 Å². The molecule has 0 aromatic heterocycles. The molecule has 0 atom stereocenters. The molecule has 0 radical (unpaired) electrons. The maximum Gasteiger partial charge on any atom is 0.161 e. The van der Waals surface area contributed by atoms with Crippen LogP contribution in [0.2, 0.25) is 0 Å². The summed E-state index contributed by atoms with van der Waals surface area (Å²) in [5.41, 5.74) is 2.51. The van der Waals surface area contributed by atoms with Crippen LogP contribution in [0.3, 0.4) is 0 Å².